The van der Waals surface area contributed by atoms with Gasteiger partial charge in [-0.1, -0.05) is 18.2 Å². The van der Waals surface area contributed by atoms with E-state index in [0.29, 0.717) is 28.9 Å². The van der Waals surface area contributed by atoms with E-state index in [2.05, 4.69) is 15.4 Å². The van der Waals surface area contributed by atoms with E-state index >= 15 is 0 Å². The quantitative estimate of drug-likeness (QED) is 0.729. The molecule has 3 heterocycles. The third kappa shape index (κ3) is 3.09. The lowest BCUT2D eigenvalue weighted by Crippen LogP contribution is -2.16. The molecule has 0 unspecified atom stereocenters. The number of carbonyl (C=O) groups is 1. The Morgan fingerprint density at radius 2 is 2.04 bits per heavy atom. The van der Waals surface area contributed by atoms with E-state index in [1.807, 2.05) is 43.3 Å². The molecule has 0 radical (unpaired) electrons. The average molecular weight is 396 g/mol. The summed E-state index contributed by atoms with van der Waals surface area (Å²) in [7, 11) is 3.24. The van der Waals surface area contributed by atoms with E-state index in [0.717, 1.165) is 16.8 Å². The van der Waals surface area contributed by atoms with E-state index < -0.39 is 0 Å². The normalized spacial score (nSPS) is 16.1. The van der Waals surface area contributed by atoms with E-state index in [9.17, 15) is 4.79 Å². The molecule has 1 aromatic carbocycles. The van der Waals surface area contributed by atoms with Crippen LogP contribution in [0.2, 0.25) is 0 Å². The monoisotopic (exact) mass is 396 g/mol. The van der Waals surface area contributed by atoms with Crippen LogP contribution in [0, 0.1) is 6.92 Å². The molecular weight excluding hydrogens is 376 g/mol. The summed E-state index contributed by atoms with van der Waals surface area (Å²) in [6, 6.07) is 11.4. The smallest absolute Gasteiger partial charge is 0.235 e. The van der Waals surface area contributed by atoms with E-state index in [1.165, 1.54) is 11.8 Å². The van der Waals surface area contributed by atoms with Crippen molar-refractivity contribution >= 4 is 23.5 Å². The number of aryl methyl sites for hydroxylation is 1. The molecule has 2 aromatic heterocycles. The highest BCUT2D eigenvalue weighted by Crippen LogP contribution is 2.48. The summed E-state index contributed by atoms with van der Waals surface area (Å²) < 4.78 is 12.8. The molecule has 1 aliphatic heterocycles. The number of amides is 1. The molecule has 8 heteroatoms. The third-order valence-electron chi connectivity index (χ3n) is 4.59. The first-order chi connectivity index (χ1) is 13.6. The molecule has 4 rings (SSSR count). The van der Waals surface area contributed by atoms with Gasteiger partial charge in [0.1, 0.15) is 5.82 Å². The molecule has 1 aliphatic rings. The Hall–Kier alpha value is -3.00. The highest BCUT2D eigenvalue weighted by atomic mass is 32.2. The van der Waals surface area contributed by atoms with E-state index in [4.69, 9.17) is 9.47 Å². The summed E-state index contributed by atoms with van der Waals surface area (Å²) in [6.45, 7) is 1.94. The van der Waals surface area contributed by atoms with Crippen molar-refractivity contribution in [3.8, 4) is 17.3 Å². The van der Waals surface area contributed by atoms with Gasteiger partial charge in [-0.2, -0.15) is 9.78 Å². The summed E-state index contributed by atoms with van der Waals surface area (Å²) in [5.74, 6) is 2.85. The first-order valence-corrected chi connectivity index (χ1v) is 9.82. The number of para-hydroxylation sites is 1. The highest BCUT2D eigenvalue weighted by Gasteiger charge is 2.33. The van der Waals surface area contributed by atoms with Gasteiger partial charge in [0.25, 0.3) is 0 Å². The van der Waals surface area contributed by atoms with Crippen LogP contribution in [0.4, 0.5) is 5.82 Å². The second-order valence-electron chi connectivity index (χ2n) is 6.27. The van der Waals surface area contributed by atoms with Crippen molar-refractivity contribution in [2.24, 2.45) is 0 Å². The molecule has 7 nitrogen and oxygen atoms in total. The van der Waals surface area contributed by atoms with Crippen molar-refractivity contribution < 1.29 is 14.3 Å². The lowest BCUT2D eigenvalue weighted by Gasteiger charge is -2.20. The number of thioether (sulfide) groups is 1. The SMILES string of the molecule is COc1cccc([C@@H]2SCC(=O)Nc3c2c(C)nn3-c2ccccn2)c1OC. The molecule has 0 fully saturated rings. The van der Waals surface area contributed by atoms with Crippen molar-refractivity contribution in [2.75, 3.05) is 25.3 Å². The fraction of sp³-hybridized carbons (Fsp3) is 0.250. The van der Waals surface area contributed by atoms with Crippen LogP contribution in [0.25, 0.3) is 5.82 Å². The predicted molar refractivity (Wildman–Crippen MR) is 109 cm³/mol. The Morgan fingerprint density at radius 1 is 1.18 bits per heavy atom. The van der Waals surface area contributed by atoms with Gasteiger partial charge in [0.05, 0.1) is 30.9 Å². The number of carbonyl (C=O) groups excluding carboxylic acids is 1. The molecule has 3 aromatic rings. The van der Waals surface area contributed by atoms with Crippen LogP contribution in [0.1, 0.15) is 22.1 Å². The predicted octanol–water partition coefficient (Wildman–Crippen LogP) is 3.37. The second kappa shape index (κ2) is 7.55. The van der Waals surface area contributed by atoms with Crippen LogP contribution < -0.4 is 14.8 Å². The first-order valence-electron chi connectivity index (χ1n) is 8.77. The van der Waals surface area contributed by atoms with Gasteiger partial charge in [-0.05, 0) is 25.1 Å². The van der Waals surface area contributed by atoms with E-state index in [1.54, 1.807) is 25.1 Å². The minimum atomic E-state index is -0.142. The summed E-state index contributed by atoms with van der Waals surface area (Å²) in [5, 5.41) is 7.53. The van der Waals surface area contributed by atoms with Crippen LogP contribution in [0.15, 0.2) is 42.6 Å². The average Bonchev–Trinajstić information content (AvgIpc) is 2.93. The molecule has 0 saturated heterocycles. The van der Waals surface area contributed by atoms with Gasteiger partial charge in [0.15, 0.2) is 17.3 Å². The molecule has 1 atom stereocenters. The van der Waals surface area contributed by atoms with Crippen molar-refractivity contribution in [2.45, 2.75) is 12.2 Å². The molecule has 0 bridgehead atoms. The third-order valence-corrected chi connectivity index (χ3v) is 5.84. The number of ether oxygens (including phenoxy) is 2. The van der Waals surface area contributed by atoms with Crippen LogP contribution in [0.5, 0.6) is 11.5 Å². The van der Waals surface area contributed by atoms with Gasteiger partial charge in [0, 0.05) is 17.3 Å². The van der Waals surface area contributed by atoms with Crippen molar-refractivity contribution in [1.82, 2.24) is 14.8 Å². The summed E-state index contributed by atoms with van der Waals surface area (Å²) in [5.41, 5.74) is 2.70. The molecule has 144 valence electrons. The number of aromatic nitrogens is 3. The Labute approximate surface area is 167 Å². The van der Waals surface area contributed by atoms with Gasteiger partial charge in [-0.25, -0.2) is 4.98 Å². The summed E-state index contributed by atoms with van der Waals surface area (Å²) in [4.78, 5) is 16.8. The number of hydrogen-bond donors (Lipinski definition) is 1. The summed E-state index contributed by atoms with van der Waals surface area (Å²) in [6.07, 6.45) is 1.70. The minimum absolute atomic E-state index is 0.0762. The van der Waals surface area contributed by atoms with Gasteiger partial charge >= 0.3 is 0 Å². The van der Waals surface area contributed by atoms with Gasteiger partial charge in [0.2, 0.25) is 5.91 Å². The van der Waals surface area contributed by atoms with Crippen molar-refractivity contribution in [1.29, 1.82) is 0 Å². The first kappa shape index (κ1) is 18.4. The maximum absolute atomic E-state index is 12.4. The van der Waals surface area contributed by atoms with Crippen LogP contribution in [0.3, 0.4) is 0 Å². The lowest BCUT2D eigenvalue weighted by atomic mass is 10.0. The Kier molecular flexibility index (Phi) is 4.95. The lowest BCUT2D eigenvalue weighted by molar-refractivity contribution is -0.113. The molecule has 1 amide bonds. The number of hydrogen-bond acceptors (Lipinski definition) is 6. The van der Waals surface area contributed by atoms with Gasteiger partial charge in [-0.3, -0.25) is 4.79 Å². The molecule has 0 saturated carbocycles. The number of anilines is 1. The number of benzene rings is 1. The Balaban J connectivity index is 1.92. The van der Waals surface area contributed by atoms with E-state index in [-0.39, 0.29) is 11.2 Å². The number of methoxy groups -OCH3 is 2. The highest BCUT2D eigenvalue weighted by molar-refractivity contribution is 8.00. The topological polar surface area (TPSA) is 78.3 Å². The fourth-order valence-corrected chi connectivity index (χ4v) is 4.60. The summed E-state index contributed by atoms with van der Waals surface area (Å²) >= 11 is 1.54. The zero-order chi connectivity index (χ0) is 19.7. The zero-order valence-electron chi connectivity index (χ0n) is 15.8. The van der Waals surface area contributed by atoms with Gasteiger partial charge in [-0.15, -0.1) is 11.8 Å². The fourth-order valence-electron chi connectivity index (χ4n) is 3.39. The van der Waals surface area contributed by atoms with Crippen LogP contribution in [-0.4, -0.2) is 40.6 Å². The largest absolute Gasteiger partial charge is 0.493 e. The number of nitrogens with zero attached hydrogens (tertiary/aromatic N) is 3. The molecule has 0 spiro atoms. The Bertz CT molecular complexity index is 1020. The number of rotatable bonds is 4. The van der Waals surface area contributed by atoms with Crippen LogP contribution in [-0.2, 0) is 4.79 Å². The maximum atomic E-state index is 12.4. The minimum Gasteiger partial charge on any atom is -0.493 e. The van der Waals surface area contributed by atoms with Crippen LogP contribution >= 0.6 is 11.8 Å². The maximum Gasteiger partial charge on any atom is 0.235 e. The molecule has 28 heavy (non-hydrogen) atoms. The second-order valence-corrected chi connectivity index (χ2v) is 7.36. The number of nitrogens with one attached hydrogen (secondary N) is 1. The van der Waals surface area contributed by atoms with Crippen molar-refractivity contribution in [3.63, 3.8) is 0 Å². The molecule has 1 N–H and O–H groups in total. The number of pyridine rings is 1. The standard InChI is InChI=1S/C20H20N4O3S/c1-12-17-19(13-7-6-8-14(26-2)18(13)27-3)28-11-16(25)22-20(17)24(23-12)15-9-4-5-10-21-15/h4-10,19H,11H2,1-3H3,(H,22,25)/t19-/m0/s1. The Morgan fingerprint density at radius 3 is 2.75 bits per heavy atom. The van der Waals surface area contributed by atoms with Crippen molar-refractivity contribution in [3.05, 3.63) is 59.4 Å². The number of fused-ring (bicyclic) bond motifs is 1. The molecular formula is C20H20N4O3S. The molecule has 0 aliphatic carbocycles. The van der Waals surface area contributed by atoms with Gasteiger partial charge < -0.3 is 14.8 Å². The zero-order valence-corrected chi connectivity index (χ0v) is 16.6.